The Morgan fingerprint density at radius 2 is 1.82 bits per heavy atom. The van der Waals surface area contributed by atoms with Gasteiger partial charge >= 0.3 is 12.1 Å². The SMILES string of the molecule is CC[C@]1(N2CCN(C(=O)Nc3ccc(Cl)cc3C)CC2)CCN(C(=O)NC)C1. The molecule has 0 radical (unpaired) electrons. The molecule has 2 fully saturated rings. The van der Waals surface area contributed by atoms with E-state index in [2.05, 4.69) is 22.5 Å². The summed E-state index contributed by atoms with van der Waals surface area (Å²) in [5.41, 5.74) is 1.76. The molecule has 0 unspecified atom stereocenters. The second-order valence-electron chi connectivity index (χ2n) is 7.67. The van der Waals surface area contributed by atoms with E-state index in [1.807, 2.05) is 28.9 Å². The zero-order valence-corrected chi connectivity index (χ0v) is 17.7. The van der Waals surface area contributed by atoms with Crippen molar-refractivity contribution in [2.45, 2.75) is 32.2 Å². The molecule has 4 amide bonds. The number of anilines is 1. The molecule has 2 N–H and O–H groups in total. The molecule has 0 spiro atoms. The van der Waals surface area contributed by atoms with Gasteiger partial charge in [0.05, 0.1) is 0 Å². The van der Waals surface area contributed by atoms with Gasteiger partial charge in [0.25, 0.3) is 0 Å². The summed E-state index contributed by atoms with van der Waals surface area (Å²) >= 11 is 5.99. The molecular weight excluding hydrogens is 378 g/mol. The number of halogens is 1. The van der Waals surface area contributed by atoms with Gasteiger partial charge < -0.3 is 20.4 Å². The first-order valence-electron chi connectivity index (χ1n) is 9.92. The molecule has 2 aliphatic heterocycles. The highest BCUT2D eigenvalue weighted by Gasteiger charge is 2.44. The van der Waals surface area contributed by atoms with Crippen molar-refractivity contribution in [3.8, 4) is 0 Å². The van der Waals surface area contributed by atoms with Crippen LogP contribution in [0.25, 0.3) is 0 Å². The lowest BCUT2D eigenvalue weighted by Crippen LogP contribution is -2.59. The smallest absolute Gasteiger partial charge is 0.321 e. The third kappa shape index (κ3) is 4.20. The Kier molecular flexibility index (Phi) is 6.35. The summed E-state index contributed by atoms with van der Waals surface area (Å²) in [5.74, 6) is 0. The van der Waals surface area contributed by atoms with Gasteiger partial charge in [0.2, 0.25) is 0 Å². The lowest BCUT2D eigenvalue weighted by molar-refractivity contribution is 0.0477. The molecular formula is C20H30ClN5O2. The van der Waals surface area contributed by atoms with Crippen molar-refractivity contribution in [1.29, 1.82) is 0 Å². The molecule has 0 saturated carbocycles. The average Bonchev–Trinajstić information content (AvgIpc) is 3.15. The van der Waals surface area contributed by atoms with Gasteiger partial charge in [0.15, 0.2) is 0 Å². The van der Waals surface area contributed by atoms with Crippen molar-refractivity contribution in [3.63, 3.8) is 0 Å². The number of aryl methyl sites for hydroxylation is 1. The van der Waals surface area contributed by atoms with Crippen molar-refractivity contribution >= 4 is 29.4 Å². The first-order valence-corrected chi connectivity index (χ1v) is 10.3. The number of likely N-dealkylation sites (tertiary alicyclic amines) is 1. The quantitative estimate of drug-likeness (QED) is 0.809. The molecule has 154 valence electrons. The molecule has 0 bridgehead atoms. The summed E-state index contributed by atoms with van der Waals surface area (Å²) in [6.45, 7) is 8.66. The minimum absolute atomic E-state index is 0.00771. The van der Waals surface area contributed by atoms with Crippen molar-refractivity contribution in [3.05, 3.63) is 28.8 Å². The molecule has 1 aromatic rings. The van der Waals surface area contributed by atoms with E-state index in [9.17, 15) is 9.59 Å². The van der Waals surface area contributed by atoms with Crippen LogP contribution in [-0.4, -0.2) is 78.6 Å². The molecule has 7 nitrogen and oxygen atoms in total. The fourth-order valence-corrected chi connectivity index (χ4v) is 4.53. The Labute approximate surface area is 172 Å². The highest BCUT2D eigenvalue weighted by atomic mass is 35.5. The maximum absolute atomic E-state index is 12.7. The lowest BCUT2D eigenvalue weighted by Gasteiger charge is -2.45. The standard InChI is InChI=1S/C20H30ClN5O2/c1-4-20(7-8-25(14-20)18(27)22-3)26-11-9-24(10-12-26)19(28)23-17-6-5-16(21)13-15(17)2/h5-6,13H,4,7-12,14H2,1-3H3,(H,22,27)(H,23,28)/t20-/m0/s1. The molecule has 3 rings (SSSR count). The monoisotopic (exact) mass is 407 g/mol. The number of benzene rings is 1. The van der Waals surface area contributed by atoms with E-state index in [1.54, 1.807) is 13.1 Å². The molecule has 28 heavy (non-hydrogen) atoms. The molecule has 1 atom stereocenters. The van der Waals surface area contributed by atoms with Crippen LogP contribution in [0.3, 0.4) is 0 Å². The molecule has 2 saturated heterocycles. The topological polar surface area (TPSA) is 67.9 Å². The van der Waals surface area contributed by atoms with Crippen molar-refractivity contribution in [2.24, 2.45) is 0 Å². The van der Waals surface area contributed by atoms with E-state index < -0.39 is 0 Å². The zero-order chi connectivity index (χ0) is 20.3. The number of carbonyl (C=O) groups excluding carboxylic acids is 2. The first kappa shape index (κ1) is 20.7. The van der Waals surface area contributed by atoms with Gasteiger partial charge in [-0.1, -0.05) is 18.5 Å². The Balaban J connectivity index is 1.57. The fourth-order valence-electron chi connectivity index (χ4n) is 4.30. The van der Waals surface area contributed by atoms with Crippen LogP contribution in [0.4, 0.5) is 15.3 Å². The highest BCUT2D eigenvalue weighted by Crippen LogP contribution is 2.32. The number of amides is 4. The van der Waals surface area contributed by atoms with E-state index in [-0.39, 0.29) is 17.6 Å². The fraction of sp³-hybridized carbons (Fsp3) is 0.600. The predicted octanol–water partition coefficient (Wildman–Crippen LogP) is 2.99. The number of nitrogens with zero attached hydrogens (tertiary/aromatic N) is 3. The summed E-state index contributed by atoms with van der Waals surface area (Å²) in [5, 5.41) is 6.38. The van der Waals surface area contributed by atoms with Crippen LogP contribution in [-0.2, 0) is 0 Å². The normalized spacial score (nSPS) is 23.0. The second-order valence-corrected chi connectivity index (χ2v) is 8.10. The third-order valence-electron chi connectivity index (χ3n) is 6.16. The van der Waals surface area contributed by atoms with E-state index in [1.165, 1.54) is 0 Å². The zero-order valence-electron chi connectivity index (χ0n) is 16.9. The summed E-state index contributed by atoms with van der Waals surface area (Å²) in [7, 11) is 1.67. The van der Waals surface area contributed by atoms with E-state index in [0.717, 1.165) is 50.3 Å². The maximum atomic E-state index is 12.7. The summed E-state index contributed by atoms with van der Waals surface area (Å²) < 4.78 is 0. The molecule has 2 aliphatic rings. The molecule has 0 aromatic heterocycles. The summed E-state index contributed by atoms with van der Waals surface area (Å²) in [6.07, 6.45) is 1.98. The minimum Gasteiger partial charge on any atom is -0.341 e. The second kappa shape index (κ2) is 8.57. The largest absolute Gasteiger partial charge is 0.341 e. The number of hydrogen-bond acceptors (Lipinski definition) is 3. The first-order chi connectivity index (χ1) is 13.4. The van der Waals surface area contributed by atoms with Crippen LogP contribution >= 0.6 is 11.6 Å². The average molecular weight is 408 g/mol. The van der Waals surface area contributed by atoms with Crippen LogP contribution in [0.1, 0.15) is 25.3 Å². The van der Waals surface area contributed by atoms with Crippen molar-refractivity contribution in [2.75, 3.05) is 51.6 Å². The van der Waals surface area contributed by atoms with Crippen LogP contribution in [0.15, 0.2) is 18.2 Å². The minimum atomic E-state index is -0.0750. The summed E-state index contributed by atoms with van der Waals surface area (Å²) in [6, 6.07) is 5.38. The van der Waals surface area contributed by atoms with Gasteiger partial charge in [0, 0.05) is 62.6 Å². The van der Waals surface area contributed by atoms with Crippen LogP contribution in [0, 0.1) is 6.92 Å². The number of hydrogen-bond donors (Lipinski definition) is 2. The number of rotatable bonds is 3. The van der Waals surface area contributed by atoms with Gasteiger partial charge in [-0.3, -0.25) is 4.90 Å². The number of nitrogens with one attached hydrogen (secondary N) is 2. The van der Waals surface area contributed by atoms with E-state index in [4.69, 9.17) is 11.6 Å². The van der Waals surface area contributed by atoms with E-state index >= 15 is 0 Å². The highest BCUT2D eigenvalue weighted by molar-refractivity contribution is 6.30. The molecule has 2 heterocycles. The third-order valence-corrected chi connectivity index (χ3v) is 6.39. The van der Waals surface area contributed by atoms with Crippen LogP contribution in [0.2, 0.25) is 5.02 Å². The lowest BCUT2D eigenvalue weighted by atomic mass is 9.92. The Morgan fingerprint density at radius 1 is 1.11 bits per heavy atom. The molecule has 0 aliphatic carbocycles. The van der Waals surface area contributed by atoms with Gasteiger partial charge in [-0.15, -0.1) is 0 Å². The Hall–Kier alpha value is -1.99. The predicted molar refractivity (Wildman–Crippen MR) is 112 cm³/mol. The van der Waals surface area contributed by atoms with Crippen molar-refractivity contribution in [1.82, 2.24) is 20.0 Å². The van der Waals surface area contributed by atoms with E-state index in [0.29, 0.717) is 18.1 Å². The van der Waals surface area contributed by atoms with Gasteiger partial charge in [0.1, 0.15) is 0 Å². The van der Waals surface area contributed by atoms with Gasteiger partial charge in [-0.25, -0.2) is 9.59 Å². The number of urea groups is 2. The summed E-state index contributed by atoms with van der Waals surface area (Å²) in [4.78, 5) is 30.9. The van der Waals surface area contributed by atoms with Gasteiger partial charge in [-0.2, -0.15) is 0 Å². The Morgan fingerprint density at radius 3 is 2.43 bits per heavy atom. The van der Waals surface area contributed by atoms with Gasteiger partial charge in [-0.05, 0) is 43.5 Å². The molecule has 1 aromatic carbocycles. The maximum Gasteiger partial charge on any atom is 0.321 e. The van der Waals surface area contributed by atoms with Crippen LogP contribution < -0.4 is 10.6 Å². The number of carbonyl (C=O) groups is 2. The van der Waals surface area contributed by atoms with Crippen LogP contribution in [0.5, 0.6) is 0 Å². The molecule has 8 heteroatoms. The number of piperazine rings is 1. The van der Waals surface area contributed by atoms with Crippen molar-refractivity contribution < 1.29 is 9.59 Å². The Bertz CT molecular complexity index is 735.